The molecule has 106 valence electrons. The van der Waals surface area contributed by atoms with E-state index in [1.54, 1.807) is 13.4 Å². The fourth-order valence-electron chi connectivity index (χ4n) is 3.01. The van der Waals surface area contributed by atoms with Crippen molar-refractivity contribution >= 4 is 16.7 Å². The van der Waals surface area contributed by atoms with Gasteiger partial charge in [0.2, 0.25) is 0 Å². The van der Waals surface area contributed by atoms with Gasteiger partial charge in [-0.25, -0.2) is 9.97 Å². The van der Waals surface area contributed by atoms with Gasteiger partial charge < -0.3 is 9.64 Å². The highest BCUT2D eigenvalue weighted by Gasteiger charge is 2.27. The number of anilines is 1. The van der Waals surface area contributed by atoms with Gasteiger partial charge in [-0.05, 0) is 30.9 Å². The van der Waals surface area contributed by atoms with Crippen molar-refractivity contribution in [1.82, 2.24) is 9.97 Å². The predicted molar refractivity (Wildman–Crippen MR) is 81.1 cm³/mol. The van der Waals surface area contributed by atoms with Crippen LogP contribution in [0.2, 0.25) is 0 Å². The van der Waals surface area contributed by atoms with Crippen LogP contribution >= 0.6 is 0 Å². The van der Waals surface area contributed by atoms with Crippen LogP contribution in [0, 0.1) is 12.8 Å². The highest BCUT2D eigenvalue weighted by atomic mass is 16.5. The number of aryl methyl sites for hydroxylation is 1. The summed E-state index contributed by atoms with van der Waals surface area (Å²) in [4.78, 5) is 11.3. The predicted octanol–water partition coefficient (Wildman–Crippen LogP) is 2.80. The Hall–Kier alpha value is -1.68. The molecule has 1 aliphatic heterocycles. The second-order valence-corrected chi connectivity index (χ2v) is 5.65. The number of hydrogen-bond donors (Lipinski definition) is 0. The van der Waals surface area contributed by atoms with Gasteiger partial charge in [0.05, 0.1) is 11.6 Å². The van der Waals surface area contributed by atoms with Gasteiger partial charge in [-0.1, -0.05) is 19.1 Å². The van der Waals surface area contributed by atoms with E-state index in [2.05, 4.69) is 46.9 Å². The lowest BCUT2D eigenvalue weighted by Gasteiger charge is -2.37. The van der Waals surface area contributed by atoms with E-state index in [4.69, 9.17) is 4.74 Å². The number of benzene rings is 1. The molecule has 2 atom stereocenters. The second-order valence-electron chi connectivity index (χ2n) is 5.65. The molecular formula is C16H21N3O. The van der Waals surface area contributed by atoms with E-state index in [1.807, 2.05) is 0 Å². The van der Waals surface area contributed by atoms with E-state index in [1.165, 1.54) is 5.56 Å². The number of piperidine rings is 1. The Morgan fingerprint density at radius 1 is 1.30 bits per heavy atom. The highest BCUT2D eigenvalue weighted by molar-refractivity contribution is 5.91. The summed E-state index contributed by atoms with van der Waals surface area (Å²) in [6.45, 7) is 6.28. The minimum atomic E-state index is 0.276. The standard InChI is InChI=1S/C16H21N3O/c1-11-7-8-19(9-14(11)20-3)16-13-6-4-5-12(2)15(13)17-10-18-16/h4-6,10-11,14H,7-9H2,1-3H3. The fourth-order valence-corrected chi connectivity index (χ4v) is 3.01. The van der Waals surface area contributed by atoms with Gasteiger partial charge in [0.25, 0.3) is 0 Å². The molecule has 20 heavy (non-hydrogen) atoms. The molecule has 0 saturated carbocycles. The van der Waals surface area contributed by atoms with Crippen LogP contribution in [0.5, 0.6) is 0 Å². The first-order valence-electron chi connectivity index (χ1n) is 7.18. The Labute approximate surface area is 119 Å². The Balaban J connectivity index is 2.00. The van der Waals surface area contributed by atoms with E-state index >= 15 is 0 Å². The van der Waals surface area contributed by atoms with Crippen LogP contribution in [0.25, 0.3) is 10.9 Å². The minimum Gasteiger partial charge on any atom is -0.379 e. The molecule has 1 aliphatic rings. The third kappa shape index (κ3) is 2.24. The zero-order valence-corrected chi connectivity index (χ0v) is 12.3. The van der Waals surface area contributed by atoms with Crippen LogP contribution in [0.3, 0.4) is 0 Å². The molecule has 1 aromatic heterocycles. The first-order valence-corrected chi connectivity index (χ1v) is 7.18. The molecule has 0 amide bonds. The molecule has 0 N–H and O–H groups in total. The normalized spacial score (nSPS) is 23.2. The Morgan fingerprint density at radius 2 is 2.15 bits per heavy atom. The molecular weight excluding hydrogens is 250 g/mol. The lowest BCUT2D eigenvalue weighted by atomic mass is 9.95. The van der Waals surface area contributed by atoms with Crippen molar-refractivity contribution in [2.75, 3.05) is 25.1 Å². The first-order chi connectivity index (χ1) is 9.70. The van der Waals surface area contributed by atoms with Crippen molar-refractivity contribution in [3.05, 3.63) is 30.1 Å². The third-order valence-corrected chi connectivity index (χ3v) is 4.34. The number of nitrogens with zero attached hydrogens (tertiary/aromatic N) is 3. The van der Waals surface area contributed by atoms with E-state index in [9.17, 15) is 0 Å². The maximum atomic E-state index is 5.61. The average molecular weight is 271 g/mol. The number of methoxy groups -OCH3 is 1. The van der Waals surface area contributed by atoms with Crippen molar-refractivity contribution < 1.29 is 4.74 Å². The lowest BCUT2D eigenvalue weighted by Crippen LogP contribution is -2.44. The Morgan fingerprint density at radius 3 is 2.95 bits per heavy atom. The van der Waals surface area contributed by atoms with Gasteiger partial charge in [-0.2, -0.15) is 0 Å². The molecule has 1 fully saturated rings. The number of ether oxygens (including phenoxy) is 1. The summed E-state index contributed by atoms with van der Waals surface area (Å²) in [5, 5.41) is 1.14. The van der Waals surface area contributed by atoms with Crippen molar-refractivity contribution in [2.24, 2.45) is 5.92 Å². The maximum absolute atomic E-state index is 5.61. The van der Waals surface area contributed by atoms with Crippen LogP contribution in [0.15, 0.2) is 24.5 Å². The number of fused-ring (bicyclic) bond motifs is 1. The van der Waals surface area contributed by atoms with Gasteiger partial charge in [-0.3, -0.25) is 0 Å². The molecule has 0 bridgehead atoms. The zero-order valence-electron chi connectivity index (χ0n) is 12.3. The van der Waals surface area contributed by atoms with Gasteiger partial charge >= 0.3 is 0 Å². The molecule has 1 saturated heterocycles. The summed E-state index contributed by atoms with van der Waals surface area (Å²) in [6, 6.07) is 6.28. The first kappa shape index (κ1) is 13.3. The Kier molecular flexibility index (Phi) is 3.57. The van der Waals surface area contributed by atoms with Crippen LogP contribution in [-0.4, -0.2) is 36.3 Å². The van der Waals surface area contributed by atoms with Gasteiger partial charge in [0.1, 0.15) is 12.1 Å². The summed E-state index contributed by atoms with van der Waals surface area (Å²) in [5.74, 6) is 1.64. The van der Waals surface area contributed by atoms with Crippen molar-refractivity contribution in [3.63, 3.8) is 0 Å². The van der Waals surface area contributed by atoms with Crippen LogP contribution in [-0.2, 0) is 4.74 Å². The molecule has 4 heteroatoms. The number of hydrogen-bond acceptors (Lipinski definition) is 4. The molecule has 2 unspecified atom stereocenters. The number of para-hydroxylation sites is 1. The average Bonchev–Trinajstić information content (AvgIpc) is 2.48. The van der Waals surface area contributed by atoms with E-state index in [-0.39, 0.29) is 6.10 Å². The molecule has 2 aromatic rings. The van der Waals surface area contributed by atoms with Crippen molar-refractivity contribution in [1.29, 1.82) is 0 Å². The second kappa shape index (κ2) is 5.37. The highest BCUT2D eigenvalue weighted by Crippen LogP contribution is 2.29. The van der Waals surface area contributed by atoms with E-state index < -0.39 is 0 Å². The largest absolute Gasteiger partial charge is 0.379 e. The number of aromatic nitrogens is 2. The maximum Gasteiger partial charge on any atom is 0.139 e. The molecule has 3 rings (SSSR count). The molecule has 1 aromatic carbocycles. The summed E-state index contributed by atoms with van der Waals surface area (Å²) in [6.07, 6.45) is 3.08. The number of rotatable bonds is 2. The van der Waals surface area contributed by atoms with Gasteiger partial charge in [-0.15, -0.1) is 0 Å². The lowest BCUT2D eigenvalue weighted by molar-refractivity contribution is 0.0497. The Bertz CT molecular complexity index is 614. The fraction of sp³-hybridized carbons (Fsp3) is 0.500. The smallest absolute Gasteiger partial charge is 0.139 e. The molecule has 0 spiro atoms. The van der Waals surface area contributed by atoms with Crippen molar-refractivity contribution in [2.45, 2.75) is 26.4 Å². The SMILES string of the molecule is COC1CN(c2ncnc3c(C)cccc23)CCC1C. The molecule has 4 nitrogen and oxygen atoms in total. The molecule has 0 aliphatic carbocycles. The summed E-state index contributed by atoms with van der Waals surface area (Å²) in [7, 11) is 1.80. The van der Waals surface area contributed by atoms with Crippen LogP contribution < -0.4 is 4.90 Å². The topological polar surface area (TPSA) is 38.2 Å². The van der Waals surface area contributed by atoms with E-state index in [0.29, 0.717) is 5.92 Å². The summed E-state index contributed by atoms with van der Waals surface area (Å²) < 4.78 is 5.61. The molecule has 0 radical (unpaired) electrons. The van der Waals surface area contributed by atoms with Gasteiger partial charge in [0, 0.05) is 25.6 Å². The van der Waals surface area contributed by atoms with E-state index in [0.717, 1.165) is 36.2 Å². The zero-order chi connectivity index (χ0) is 14.1. The quantitative estimate of drug-likeness (QED) is 0.842. The van der Waals surface area contributed by atoms with Gasteiger partial charge in [0.15, 0.2) is 0 Å². The van der Waals surface area contributed by atoms with Crippen molar-refractivity contribution in [3.8, 4) is 0 Å². The third-order valence-electron chi connectivity index (χ3n) is 4.34. The summed E-state index contributed by atoms with van der Waals surface area (Å²) >= 11 is 0. The monoisotopic (exact) mass is 271 g/mol. The van der Waals surface area contributed by atoms with Crippen LogP contribution in [0.1, 0.15) is 18.9 Å². The van der Waals surface area contributed by atoms with Crippen LogP contribution in [0.4, 0.5) is 5.82 Å². The summed E-state index contributed by atoms with van der Waals surface area (Å²) in [5.41, 5.74) is 2.24. The minimum absolute atomic E-state index is 0.276. The molecule has 2 heterocycles.